The molecule has 2 aromatic heterocycles. The van der Waals surface area contributed by atoms with Gasteiger partial charge >= 0.3 is 5.97 Å². The van der Waals surface area contributed by atoms with Crippen molar-refractivity contribution in [2.24, 2.45) is 0 Å². The number of esters is 1. The molecule has 0 saturated carbocycles. The van der Waals surface area contributed by atoms with Crippen molar-refractivity contribution in [2.75, 3.05) is 5.32 Å². The predicted octanol–water partition coefficient (Wildman–Crippen LogP) is 4.91. The fourth-order valence-corrected chi connectivity index (χ4v) is 3.70. The van der Waals surface area contributed by atoms with E-state index in [1.807, 2.05) is 0 Å². The summed E-state index contributed by atoms with van der Waals surface area (Å²) < 4.78 is 18.5. The molecule has 2 aromatic carbocycles. The van der Waals surface area contributed by atoms with Gasteiger partial charge in [0.05, 0.1) is 11.3 Å². The maximum atomic E-state index is 13.1. The van der Waals surface area contributed by atoms with Gasteiger partial charge in [-0.15, -0.1) is 11.3 Å². The molecule has 0 saturated heterocycles. The number of rotatable bonds is 7. The van der Waals surface area contributed by atoms with Gasteiger partial charge < -0.3 is 9.72 Å². The Hall–Kier alpha value is -3.85. The minimum absolute atomic E-state index is 0.304. The van der Waals surface area contributed by atoms with Crippen LogP contribution in [0.5, 0.6) is 0 Å². The molecular formula is C23H19FN4O3S. The molecule has 0 fully saturated rings. The van der Waals surface area contributed by atoms with E-state index in [-0.39, 0.29) is 5.82 Å². The third-order valence-electron chi connectivity index (χ3n) is 4.68. The summed E-state index contributed by atoms with van der Waals surface area (Å²) >= 11 is 1.23. The second kappa shape index (κ2) is 9.52. The molecular weight excluding hydrogens is 431 g/mol. The number of hydrogen-bond acceptors (Lipinski definition) is 6. The van der Waals surface area contributed by atoms with Gasteiger partial charge in [-0.2, -0.15) is 0 Å². The van der Waals surface area contributed by atoms with Gasteiger partial charge in [0.25, 0.3) is 5.91 Å². The van der Waals surface area contributed by atoms with Gasteiger partial charge in [-0.25, -0.2) is 19.2 Å². The van der Waals surface area contributed by atoms with E-state index in [0.717, 1.165) is 11.1 Å². The third-order valence-corrected chi connectivity index (χ3v) is 5.44. The first-order valence-corrected chi connectivity index (χ1v) is 10.7. The zero-order valence-corrected chi connectivity index (χ0v) is 17.9. The molecule has 4 aromatic rings. The molecule has 32 heavy (non-hydrogen) atoms. The second-order valence-corrected chi connectivity index (χ2v) is 7.71. The van der Waals surface area contributed by atoms with Crippen LogP contribution in [0.3, 0.4) is 0 Å². The van der Waals surface area contributed by atoms with Gasteiger partial charge in [-0.3, -0.25) is 10.1 Å². The minimum atomic E-state index is -0.967. The number of anilines is 1. The fourth-order valence-electron chi connectivity index (χ4n) is 2.98. The van der Waals surface area contributed by atoms with E-state index >= 15 is 0 Å². The molecule has 1 unspecified atom stereocenters. The highest BCUT2D eigenvalue weighted by molar-refractivity contribution is 7.14. The molecule has 162 valence electrons. The molecule has 4 rings (SSSR count). The van der Waals surface area contributed by atoms with Crippen LogP contribution in [0, 0.1) is 5.82 Å². The van der Waals surface area contributed by atoms with Crippen LogP contribution < -0.4 is 5.32 Å². The summed E-state index contributed by atoms with van der Waals surface area (Å²) in [4.78, 5) is 36.7. The Bertz CT molecular complexity index is 1210. The summed E-state index contributed by atoms with van der Waals surface area (Å²) in [6.45, 7) is 1.75. The first kappa shape index (κ1) is 21.4. The topological polar surface area (TPSA) is 97.0 Å². The van der Waals surface area contributed by atoms with E-state index in [1.165, 1.54) is 23.5 Å². The van der Waals surface area contributed by atoms with Crippen LogP contribution >= 0.6 is 11.3 Å². The predicted molar refractivity (Wildman–Crippen MR) is 120 cm³/mol. The molecule has 0 radical (unpaired) electrons. The van der Waals surface area contributed by atoms with Gasteiger partial charge in [0, 0.05) is 28.9 Å². The van der Waals surface area contributed by atoms with Crippen LogP contribution in [-0.2, 0) is 9.53 Å². The number of carbonyl (C=O) groups excluding carboxylic acids is 2. The molecule has 1 amide bonds. The number of nitrogens with one attached hydrogen (secondary N) is 2. The molecule has 1 atom stereocenters. The summed E-state index contributed by atoms with van der Waals surface area (Å²) in [5, 5.41) is 4.81. The number of thiazole rings is 1. The van der Waals surface area contributed by atoms with Crippen LogP contribution in [0.15, 0.2) is 66.3 Å². The van der Waals surface area contributed by atoms with Crippen molar-refractivity contribution in [3.63, 3.8) is 0 Å². The molecule has 2 heterocycles. The molecule has 0 bridgehead atoms. The van der Waals surface area contributed by atoms with Crippen molar-refractivity contribution in [2.45, 2.75) is 19.4 Å². The van der Waals surface area contributed by atoms with Crippen LogP contribution in [0.2, 0.25) is 0 Å². The number of imidazole rings is 1. The average molecular weight is 450 g/mol. The van der Waals surface area contributed by atoms with Crippen LogP contribution in [0.25, 0.3) is 22.6 Å². The number of ether oxygens (including phenoxy) is 1. The van der Waals surface area contributed by atoms with Gasteiger partial charge in [-0.1, -0.05) is 19.1 Å². The van der Waals surface area contributed by atoms with Crippen LogP contribution in [0.1, 0.15) is 23.7 Å². The number of H-pyrrole nitrogens is 1. The van der Waals surface area contributed by atoms with Crippen molar-refractivity contribution < 1.29 is 18.7 Å². The highest BCUT2D eigenvalue weighted by Gasteiger charge is 2.23. The first-order chi connectivity index (χ1) is 15.5. The maximum absolute atomic E-state index is 13.1. The standard InChI is InChI=1S/C23H19FN4O3S/c1-2-19(31-22(30)16-5-3-15(4-6-16)20-25-11-12-26-20)21(29)28-23-27-18(13-32-23)14-7-9-17(24)10-8-14/h3-13,19H,2H2,1H3,(H,25,26)(H,27,28,29). The average Bonchev–Trinajstić information content (AvgIpc) is 3.50. The number of hydrogen-bond donors (Lipinski definition) is 2. The first-order valence-electron chi connectivity index (χ1n) is 9.86. The number of aromatic amines is 1. The lowest BCUT2D eigenvalue weighted by Gasteiger charge is -2.15. The lowest BCUT2D eigenvalue weighted by atomic mass is 10.1. The van der Waals surface area contributed by atoms with Gasteiger partial charge in [0.1, 0.15) is 11.6 Å². The van der Waals surface area contributed by atoms with Crippen molar-refractivity contribution in [3.05, 3.63) is 77.7 Å². The number of halogens is 1. The Morgan fingerprint density at radius 2 is 1.84 bits per heavy atom. The van der Waals surface area contributed by atoms with Gasteiger partial charge in [-0.05, 0) is 42.8 Å². The van der Waals surface area contributed by atoms with Crippen molar-refractivity contribution in [1.29, 1.82) is 0 Å². The van der Waals surface area contributed by atoms with Gasteiger partial charge in [0.2, 0.25) is 0 Å². The van der Waals surface area contributed by atoms with Gasteiger partial charge in [0.15, 0.2) is 11.2 Å². The Kier molecular flexibility index (Phi) is 6.37. The number of benzene rings is 2. The normalized spacial score (nSPS) is 11.7. The molecule has 7 nitrogen and oxygen atoms in total. The number of nitrogens with zero attached hydrogens (tertiary/aromatic N) is 2. The van der Waals surface area contributed by atoms with Crippen molar-refractivity contribution >= 4 is 28.3 Å². The zero-order chi connectivity index (χ0) is 22.5. The summed E-state index contributed by atoms with van der Waals surface area (Å²) in [6, 6.07) is 12.7. The minimum Gasteiger partial charge on any atom is -0.449 e. The molecule has 9 heteroatoms. The summed E-state index contributed by atoms with van der Waals surface area (Å²) in [6.07, 6.45) is 2.70. The Morgan fingerprint density at radius 1 is 1.12 bits per heavy atom. The SMILES string of the molecule is CCC(OC(=O)c1ccc(-c2ncc[nH]2)cc1)C(=O)Nc1nc(-c2ccc(F)cc2)cs1. The fraction of sp³-hybridized carbons (Fsp3) is 0.130. The number of amides is 1. The van der Waals surface area contributed by atoms with Crippen LogP contribution in [-0.4, -0.2) is 32.9 Å². The van der Waals surface area contributed by atoms with E-state index < -0.39 is 18.0 Å². The Balaban J connectivity index is 1.38. The van der Waals surface area contributed by atoms with Crippen LogP contribution in [0.4, 0.5) is 9.52 Å². The van der Waals surface area contributed by atoms with E-state index in [0.29, 0.717) is 28.6 Å². The van der Waals surface area contributed by atoms with E-state index in [4.69, 9.17) is 4.74 Å². The van der Waals surface area contributed by atoms with E-state index in [1.54, 1.807) is 61.1 Å². The van der Waals surface area contributed by atoms with Crippen molar-refractivity contribution in [1.82, 2.24) is 15.0 Å². The molecule has 2 N–H and O–H groups in total. The summed E-state index contributed by atoms with van der Waals surface area (Å²) in [5.74, 6) is -0.697. The summed E-state index contributed by atoms with van der Waals surface area (Å²) in [5.41, 5.74) is 2.52. The second-order valence-electron chi connectivity index (χ2n) is 6.85. The smallest absolute Gasteiger partial charge is 0.338 e. The number of carbonyl (C=O) groups is 2. The Morgan fingerprint density at radius 3 is 2.50 bits per heavy atom. The molecule has 0 aliphatic heterocycles. The maximum Gasteiger partial charge on any atom is 0.338 e. The summed E-state index contributed by atoms with van der Waals surface area (Å²) in [7, 11) is 0. The molecule has 0 aliphatic rings. The largest absolute Gasteiger partial charge is 0.449 e. The quantitative estimate of drug-likeness (QED) is 0.390. The highest BCUT2D eigenvalue weighted by atomic mass is 32.1. The third kappa shape index (κ3) is 4.89. The number of aromatic nitrogens is 3. The molecule has 0 aliphatic carbocycles. The van der Waals surface area contributed by atoms with E-state index in [9.17, 15) is 14.0 Å². The van der Waals surface area contributed by atoms with Crippen molar-refractivity contribution in [3.8, 4) is 22.6 Å². The lowest BCUT2D eigenvalue weighted by Crippen LogP contribution is -2.32. The lowest BCUT2D eigenvalue weighted by molar-refractivity contribution is -0.124. The monoisotopic (exact) mass is 450 g/mol. The van der Waals surface area contributed by atoms with E-state index in [2.05, 4.69) is 20.3 Å². The zero-order valence-electron chi connectivity index (χ0n) is 17.0. The highest BCUT2D eigenvalue weighted by Crippen LogP contribution is 2.25. The Labute approximate surface area is 187 Å². The molecule has 0 spiro atoms.